The summed E-state index contributed by atoms with van der Waals surface area (Å²) in [6.45, 7) is 0.403. The summed E-state index contributed by atoms with van der Waals surface area (Å²) in [4.78, 5) is 0. The van der Waals surface area contributed by atoms with Gasteiger partial charge in [0.05, 0.1) is 5.69 Å². The SMILES string of the molecule is NCc1[nH]nc2c(O)cccc12. The number of aromatic hydroxyl groups is 1. The molecule has 2 aromatic rings. The minimum absolute atomic E-state index is 0.184. The number of hydrogen-bond acceptors (Lipinski definition) is 3. The number of nitrogens with zero attached hydrogens (tertiary/aromatic N) is 1. The molecular weight excluding hydrogens is 154 g/mol. The number of nitrogens with two attached hydrogens (primary N) is 1. The minimum Gasteiger partial charge on any atom is -0.506 e. The van der Waals surface area contributed by atoms with Crippen molar-refractivity contribution in [2.24, 2.45) is 5.73 Å². The standard InChI is InChI=1S/C8H9N3O/c9-4-6-5-2-1-3-7(12)8(5)11-10-6/h1-3,12H,4,9H2,(H,10,11). The summed E-state index contributed by atoms with van der Waals surface area (Å²) in [5.74, 6) is 0.184. The van der Waals surface area contributed by atoms with Crippen molar-refractivity contribution in [2.75, 3.05) is 0 Å². The van der Waals surface area contributed by atoms with Gasteiger partial charge >= 0.3 is 0 Å². The van der Waals surface area contributed by atoms with Crippen molar-refractivity contribution in [1.82, 2.24) is 10.2 Å². The van der Waals surface area contributed by atoms with Crippen molar-refractivity contribution in [3.8, 4) is 5.75 Å². The van der Waals surface area contributed by atoms with Crippen LogP contribution >= 0.6 is 0 Å². The van der Waals surface area contributed by atoms with E-state index in [9.17, 15) is 5.11 Å². The largest absolute Gasteiger partial charge is 0.506 e. The van der Waals surface area contributed by atoms with Crippen LogP contribution in [0.4, 0.5) is 0 Å². The number of rotatable bonds is 1. The normalized spacial score (nSPS) is 10.8. The molecule has 0 unspecified atom stereocenters. The van der Waals surface area contributed by atoms with Gasteiger partial charge in [-0.15, -0.1) is 0 Å². The highest BCUT2D eigenvalue weighted by molar-refractivity contribution is 5.86. The van der Waals surface area contributed by atoms with E-state index in [0.29, 0.717) is 12.1 Å². The number of phenols is 1. The van der Waals surface area contributed by atoms with Crippen molar-refractivity contribution in [1.29, 1.82) is 0 Å². The Hall–Kier alpha value is -1.55. The van der Waals surface area contributed by atoms with Crippen LogP contribution in [0.15, 0.2) is 18.2 Å². The molecule has 0 radical (unpaired) electrons. The van der Waals surface area contributed by atoms with Gasteiger partial charge in [0.1, 0.15) is 11.3 Å². The highest BCUT2D eigenvalue weighted by Crippen LogP contribution is 2.23. The average Bonchev–Trinajstić information content (AvgIpc) is 2.49. The molecule has 1 heterocycles. The van der Waals surface area contributed by atoms with Crippen LogP contribution in [0, 0.1) is 0 Å². The van der Waals surface area contributed by atoms with E-state index in [0.717, 1.165) is 11.1 Å². The van der Waals surface area contributed by atoms with Crippen molar-refractivity contribution in [3.05, 3.63) is 23.9 Å². The number of phenolic OH excluding ortho intramolecular Hbond substituents is 1. The zero-order valence-electron chi connectivity index (χ0n) is 6.41. The molecule has 62 valence electrons. The van der Waals surface area contributed by atoms with Gasteiger partial charge in [-0.1, -0.05) is 12.1 Å². The molecule has 0 aliphatic rings. The molecule has 4 nitrogen and oxygen atoms in total. The van der Waals surface area contributed by atoms with E-state index >= 15 is 0 Å². The lowest BCUT2D eigenvalue weighted by molar-refractivity contribution is 0.480. The van der Waals surface area contributed by atoms with Gasteiger partial charge in [-0.05, 0) is 6.07 Å². The fraction of sp³-hybridized carbons (Fsp3) is 0.125. The van der Waals surface area contributed by atoms with Gasteiger partial charge in [0.25, 0.3) is 0 Å². The minimum atomic E-state index is 0.184. The number of hydrogen-bond donors (Lipinski definition) is 3. The molecule has 0 saturated carbocycles. The van der Waals surface area contributed by atoms with Crippen molar-refractivity contribution in [2.45, 2.75) is 6.54 Å². The van der Waals surface area contributed by atoms with E-state index in [1.54, 1.807) is 12.1 Å². The maximum Gasteiger partial charge on any atom is 0.143 e. The van der Waals surface area contributed by atoms with Gasteiger partial charge in [0, 0.05) is 11.9 Å². The number of nitrogens with one attached hydrogen (secondary N) is 1. The van der Waals surface area contributed by atoms with Crippen LogP contribution in [0.25, 0.3) is 10.9 Å². The van der Waals surface area contributed by atoms with Crippen LogP contribution in [-0.2, 0) is 6.54 Å². The Balaban J connectivity index is 2.80. The molecule has 0 saturated heterocycles. The maximum atomic E-state index is 9.36. The van der Waals surface area contributed by atoms with Crippen LogP contribution < -0.4 is 5.73 Å². The smallest absolute Gasteiger partial charge is 0.143 e. The predicted octanol–water partition coefficient (Wildman–Crippen LogP) is 0.727. The summed E-state index contributed by atoms with van der Waals surface area (Å²) >= 11 is 0. The lowest BCUT2D eigenvalue weighted by atomic mass is 10.2. The summed E-state index contributed by atoms with van der Waals surface area (Å²) in [5, 5.41) is 16.9. The fourth-order valence-corrected chi connectivity index (χ4v) is 1.23. The summed E-state index contributed by atoms with van der Waals surface area (Å²) in [6.07, 6.45) is 0. The molecule has 2 rings (SSSR count). The molecule has 0 amide bonds. The first-order chi connectivity index (χ1) is 5.83. The molecule has 4 heteroatoms. The molecule has 0 fully saturated rings. The Morgan fingerprint density at radius 3 is 3.08 bits per heavy atom. The number of aromatic nitrogens is 2. The molecule has 0 bridgehead atoms. The molecule has 12 heavy (non-hydrogen) atoms. The first-order valence-corrected chi connectivity index (χ1v) is 3.68. The average molecular weight is 163 g/mol. The molecule has 1 aromatic heterocycles. The highest BCUT2D eigenvalue weighted by atomic mass is 16.3. The van der Waals surface area contributed by atoms with Crippen LogP contribution in [0.3, 0.4) is 0 Å². The fourth-order valence-electron chi connectivity index (χ4n) is 1.23. The number of H-pyrrole nitrogens is 1. The Labute approximate surface area is 69.0 Å². The second-order valence-corrected chi connectivity index (χ2v) is 2.58. The number of fused-ring (bicyclic) bond motifs is 1. The molecule has 0 aliphatic heterocycles. The monoisotopic (exact) mass is 163 g/mol. The molecule has 1 aromatic carbocycles. The van der Waals surface area contributed by atoms with E-state index in [4.69, 9.17) is 5.73 Å². The zero-order chi connectivity index (χ0) is 8.55. The van der Waals surface area contributed by atoms with Crippen molar-refractivity contribution in [3.63, 3.8) is 0 Å². The quantitative estimate of drug-likeness (QED) is 0.580. The Morgan fingerprint density at radius 1 is 1.50 bits per heavy atom. The summed E-state index contributed by atoms with van der Waals surface area (Å²) in [6, 6.07) is 5.25. The number of para-hydroxylation sites is 1. The Bertz CT molecular complexity index is 408. The predicted molar refractivity (Wildman–Crippen MR) is 45.6 cm³/mol. The van der Waals surface area contributed by atoms with Crippen LogP contribution in [0.1, 0.15) is 5.69 Å². The molecular formula is C8H9N3O. The third-order valence-corrected chi connectivity index (χ3v) is 1.85. The summed E-state index contributed by atoms with van der Waals surface area (Å²) < 4.78 is 0. The van der Waals surface area contributed by atoms with Crippen LogP contribution in [-0.4, -0.2) is 15.3 Å². The zero-order valence-corrected chi connectivity index (χ0v) is 6.41. The molecule has 0 spiro atoms. The second kappa shape index (κ2) is 2.49. The van der Waals surface area contributed by atoms with Gasteiger partial charge in [-0.25, -0.2) is 0 Å². The number of aromatic amines is 1. The van der Waals surface area contributed by atoms with Gasteiger partial charge in [-0.2, -0.15) is 5.10 Å². The molecule has 4 N–H and O–H groups in total. The van der Waals surface area contributed by atoms with Gasteiger partial charge < -0.3 is 10.8 Å². The highest BCUT2D eigenvalue weighted by Gasteiger charge is 2.05. The van der Waals surface area contributed by atoms with Gasteiger partial charge in [0.15, 0.2) is 0 Å². The van der Waals surface area contributed by atoms with E-state index < -0.39 is 0 Å². The van der Waals surface area contributed by atoms with Crippen molar-refractivity contribution < 1.29 is 5.11 Å². The van der Waals surface area contributed by atoms with E-state index in [-0.39, 0.29) is 5.75 Å². The molecule has 0 atom stereocenters. The third kappa shape index (κ3) is 0.853. The maximum absolute atomic E-state index is 9.36. The van der Waals surface area contributed by atoms with E-state index in [1.165, 1.54) is 0 Å². The molecule has 0 aliphatic carbocycles. The Kier molecular flexibility index (Phi) is 1.48. The third-order valence-electron chi connectivity index (χ3n) is 1.85. The number of benzene rings is 1. The Morgan fingerprint density at radius 2 is 2.33 bits per heavy atom. The van der Waals surface area contributed by atoms with Gasteiger partial charge in [0.2, 0.25) is 0 Å². The second-order valence-electron chi connectivity index (χ2n) is 2.58. The van der Waals surface area contributed by atoms with E-state index in [2.05, 4.69) is 10.2 Å². The van der Waals surface area contributed by atoms with Gasteiger partial charge in [-0.3, -0.25) is 5.10 Å². The first-order valence-electron chi connectivity index (χ1n) is 3.68. The van der Waals surface area contributed by atoms with E-state index in [1.807, 2.05) is 6.07 Å². The summed E-state index contributed by atoms with van der Waals surface area (Å²) in [5.41, 5.74) is 6.89. The first kappa shape index (κ1) is 7.12. The van der Waals surface area contributed by atoms with Crippen molar-refractivity contribution >= 4 is 10.9 Å². The van der Waals surface area contributed by atoms with Crippen LogP contribution in [0.5, 0.6) is 5.75 Å². The van der Waals surface area contributed by atoms with Crippen LogP contribution in [0.2, 0.25) is 0 Å². The summed E-state index contributed by atoms with van der Waals surface area (Å²) in [7, 11) is 0. The lowest BCUT2D eigenvalue weighted by Crippen LogP contribution is -1.96. The topological polar surface area (TPSA) is 74.9 Å². The lowest BCUT2D eigenvalue weighted by Gasteiger charge is -1.92.